The van der Waals surface area contributed by atoms with Crippen molar-refractivity contribution in [2.45, 2.75) is 26.7 Å². The van der Waals surface area contributed by atoms with Crippen LogP contribution >= 0.6 is 0 Å². The number of carbonyl (C=O) groups is 1. The molecule has 0 atom stereocenters. The SMILES string of the molecule is CC(C)CN(C)C/C=C/C(=O)N1CCCC1. The van der Waals surface area contributed by atoms with Crippen LogP contribution in [0.4, 0.5) is 0 Å². The van der Waals surface area contributed by atoms with Crippen molar-refractivity contribution in [2.75, 3.05) is 33.2 Å². The Bertz CT molecular complexity index is 242. The lowest BCUT2D eigenvalue weighted by Crippen LogP contribution is -2.26. The van der Waals surface area contributed by atoms with Crippen LogP contribution < -0.4 is 0 Å². The number of likely N-dealkylation sites (N-methyl/N-ethyl adjacent to an activating group) is 1. The summed E-state index contributed by atoms with van der Waals surface area (Å²) >= 11 is 0. The Hall–Kier alpha value is -0.830. The van der Waals surface area contributed by atoms with Crippen molar-refractivity contribution < 1.29 is 4.79 Å². The molecular formula is C13H24N2O. The van der Waals surface area contributed by atoms with Gasteiger partial charge in [0.1, 0.15) is 0 Å². The highest BCUT2D eigenvalue weighted by molar-refractivity contribution is 5.87. The van der Waals surface area contributed by atoms with Gasteiger partial charge in [-0.05, 0) is 25.8 Å². The lowest BCUT2D eigenvalue weighted by molar-refractivity contribution is -0.125. The first-order chi connectivity index (χ1) is 7.59. The summed E-state index contributed by atoms with van der Waals surface area (Å²) in [6.07, 6.45) is 6.02. The highest BCUT2D eigenvalue weighted by Crippen LogP contribution is 2.07. The summed E-state index contributed by atoms with van der Waals surface area (Å²) < 4.78 is 0. The van der Waals surface area contributed by atoms with Gasteiger partial charge < -0.3 is 9.80 Å². The van der Waals surface area contributed by atoms with Gasteiger partial charge in [-0.3, -0.25) is 4.79 Å². The van der Waals surface area contributed by atoms with E-state index in [1.54, 1.807) is 6.08 Å². The summed E-state index contributed by atoms with van der Waals surface area (Å²) in [6.45, 7) is 8.21. The normalized spacial score (nSPS) is 16.9. The van der Waals surface area contributed by atoms with Gasteiger partial charge in [-0.2, -0.15) is 0 Å². The third-order valence-corrected chi connectivity index (χ3v) is 2.77. The number of hydrogen-bond acceptors (Lipinski definition) is 2. The average Bonchev–Trinajstić information content (AvgIpc) is 2.68. The number of rotatable bonds is 5. The molecule has 0 unspecified atom stereocenters. The molecule has 3 nitrogen and oxygen atoms in total. The third-order valence-electron chi connectivity index (χ3n) is 2.77. The number of nitrogens with zero attached hydrogens (tertiary/aromatic N) is 2. The Morgan fingerprint density at radius 1 is 1.38 bits per heavy atom. The fourth-order valence-electron chi connectivity index (χ4n) is 2.07. The highest BCUT2D eigenvalue weighted by Gasteiger charge is 2.14. The zero-order valence-electron chi connectivity index (χ0n) is 10.8. The Morgan fingerprint density at radius 3 is 2.56 bits per heavy atom. The van der Waals surface area contributed by atoms with Crippen molar-refractivity contribution >= 4 is 5.91 Å². The van der Waals surface area contributed by atoms with Crippen LogP contribution in [-0.4, -0.2) is 48.9 Å². The molecular weight excluding hydrogens is 200 g/mol. The molecule has 0 aromatic carbocycles. The maximum atomic E-state index is 11.7. The second-order valence-electron chi connectivity index (χ2n) is 5.05. The summed E-state index contributed by atoms with van der Waals surface area (Å²) in [5.74, 6) is 0.850. The van der Waals surface area contributed by atoms with E-state index in [0.717, 1.165) is 39.0 Å². The van der Waals surface area contributed by atoms with Crippen LogP contribution in [0.3, 0.4) is 0 Å². The van der Waals surface area contributed by atoms with E-state index >= 15 is 0 Å². The van der Waals surface area contributed by atoms with Gasteiger partial charge in [0.25, 0.3) is 0 Å². The number of hydrogen-bond donors (Lipinski definition) is 0. The van der Waals surface area contributed by atoms with Crippen LogP contribution in [0.15, 0.2) is 12.2 Å². The van der Waals surface area contributed by atoms with E-state index in [9.17, 15) is 4.79 Å². The van der Waals surface area contributed by atoms with Crippen molar-refractivity contribution in [3.8, 4) is 0 Å². The van der Waals surface area contributed by atoms with Gasteiger partial charge in [-0.15, -0.1) is 0 Å². The third kappa shape index (κ3) is 4.79. The van der Waals surface area contributed by atoms with Gasteiger partial charge in [0.2, 0.25) is 5.91 Å². The average molecular weight is 224 g/mol. The Balaban J connectivity index is 2.22. The van der Waals surface area contributed by atoms with Crippen LogP contribution in [-0.2, 0) is 4.79 Å². The fraction of sp³-hybridized carbons (Fsp3) is 0.769. The highest BCUT2D eigenvalue weighted by atomic mass is 16.2. The number of likely N-dealkylation sites (tertiary alicyclic amines) is 1. The Labute approximate surface area is 99.1 Å². The molecule has 1 heterocycles. The summed E-state index contributed by atoms with van der Waals surface area (Å²) in [4.78, 5) is 15.8. The predicted molar refractivity (Wildman–Crippen MR) is 67.3 cm³/mol. The molecule has 1 amide bonds. The molecule has 0 bridgehead atoms. The molecule has 0 aromatic rings. The molecule has 1 fully saturated rings. The van der Waals surface area contributed by atoms with Crippen LogP contribution in [0.1, 0.15) is 26.7 Å². The maximum Gasteiger partial charge on any atom is 0.246 e. The van der Waals surface area contributed by atoms with Gasteiger partial charge in [-0.1, -0.05) is 19.9 Å². The van der Waals surface area contributed by atoms with Gasteiger partial charge in [0.15, 0.2) is 0 Å². The first-order valence-corrected chi connectivity index (χ1v) is 6.23. The molecule has 0 aromatic heterocycles. The molecule has 0 N–H and O–H groups in total. The zero-order valence-corrected chi connectivity index (χ0v) is 10.8. The number of amides is 1. The van der Waals surface area contributed by atoms with Gasteiger partial charge in [-0.25, -0.2) is 0 Å². The van der Waals surface area contributed by atoms with E-state index in [1.165, 1.54) is 0 Å². The minimum atomic E-state index is 0.176. The second-order valence-corrected chi connectivity index (χ2v) is 5.05. The summed E-state index contributed by atoms with van der Waals surface area (Å²) in [5.41, 5.74) is 0. The van der Waals surface area contributed by atoms with Crippen molar-refractivity contribution in [3.05, 3.63) is 12.2 Å². The van der Waals surface area contributed by atoms with Gasteiger partial charge >= 0.3 is 0 Å². The van der Waals surface area contributed by atoms with E-state index in [2.05, 4.69) is 25.8 Å². The molecule has 0 radical (unpaired) electrons. The molecule has 0 saturated carbocycles. The molecule has 16 heavy (non-hydrogen) atoms. The lowest BCUT2D eigenvalue weighted by Gasteiger charge is -2.17. The molecule has 1 rings (SSSR count). The minimum absolute atomic E-state index is 0.176. The van der Waals surface area contributed by atoms with Crippen molar-refractivity contribution in [2.24, 2.45) is 5.92 Å². The summed E-state index contributed by atoms with van der Waals surface area (Å²) in [6, 6.07) is 0. The molecule has 0 aliphatic carbocycles. The van der Waals surface area contributed by atoms with Gasteiger partial charge in [0, 0.05) is 32.3 Å². The predicted octanol–water partition coefficient (Wildman–Crippen LogP) is 1.75. The van der Waals surface area contributed by atoms with Crippen LogP contribution in [0, 0.1) is 5.92 Å². The fourth-order valence-corrected chi connectivity index (χ4v) is 2.07. The van der Waals surface area contributed by atoms with Gasteiger partial charge in [0.05, 0.1) is 0 Å². The van der Waals surface area contributed by atoms with E-state index in [0.29, 0.717) is 5.92 Å². The first-order valence-electron chi connectivity index (χ1n) is 6.23. The zero-order chi connectivity index (χ0) is 12.0. The quantitative estimate of drug-likeness (QED) is 0.664. The molecule has 92 valence electrons. The topological polar surface area (TPSA) is 23.6 Å². The van der Waals surface area contributed by atoms with Crippen LogP contribution in [0.5, 0.6) is 0 Å². The van der Waals surface area contributed by atoms with E-state index < -0.39 is 0 Å². The van der Waals surface area contributed by atoms with Crippen molar-refractivity contribution in [1.29, 1.82) is 0 Å². The first kappa shape index (κ1) is 13.2. The standard InChI is InChI=1S/C13H24N2O/c1-12(2)11-14(3)8-6-7-13(16)15-9-4-5-10-15/h6-7,12H,4-5,8-11H2,1-3H3/b7-6+. The molecule has 1 aliphatic rings. The Morgan fingerprint density at radius 2 is 2.00 bits per heavy atom. The van der Waals surface area contributed by atoms with E-state index in [4.69, 9.17) is 0 Å². The largest absolute Gasteiger partial charge is 0.339 e. The monoisotopic (exact) mass is 224 g/mol. The molecule has 1 saturated heterocycles. The lowest BCUT2D eigenvalue weighted by atomic mass is 10.2. The molecule has 3 heteroatoms. The van der Waals surface area contributed by atoms with Crippen molar-refractivity contribution in [1.82, 2.24) is 9.80 Å². The van der Waals surface area contributed by atoms with Crippen molar-refractivity contribution in [3.63, 3.8) is 0 Å². The van der Waals surface area contributed by atoms with Crippen LogP contribution in [0.25, 0.3) is 0 Å². The van der Waals surface area contributed by atoms with E-state index in [1.807, 2.05) is 11.0 Å². The minimum Gasteiger partial charge on any atom is -0.339 e. The molecule has 1 aliphatic heterocycles. The van der Waals surface area contributed by atoms with E-state index in [-0.39, 0.29) is 5.91 Å². The Kier molecular flexibility index (Phi) is 5.53. The van der Waals surface area contributed by atoms with Crippen LogP contribution in [0.2, 0.25) is 0 Å². The summed E-state index contributed by atoms with van der Waals surface area (Å²) in [7, 11) is 2.09. The smallest absolute Gasteiger partial charge is 0.246 e. The second kappa shape index (κ2) is 6.69. The molecule has 0 spiro atoms. The number of carbonyl (C=O) groups excluding carboxylic acids is 1. The maximum absolute atomic E-state index is 11.7. The summed E-state index contributed by atoms with van der Waals surface area (Å²) in [5, 5.41) is 0.